The third kappa shape index (κ3) is 4.94. The molecule has 0 saturated carbocycles. The molecule has 0 bridgehead atoms. The number of aryl methyl sites for hydroxylation is 1. The number of rotatable bonds is 6. The standard InChI is InChI=1S/C29H29N5O6/c1-17-30-27(40-32-17)18-5-7-19(8-6-18)28(37)33-13-3-2-4-21(33)16-39-22-9-10-23-20(14-22)15-34(29(23)38)24-11-12-25(35)31-26(24)36/h5-10,14,21,24H,2-4,11-13,15-16H2,1H3,(H,31,35,36)/t21-,24?/m0/s1. The molecule has 1 aromatic heterocycles. The van der Waals surface area contributed by atoms with Crippen molar-refractivity contribution in [2.24, 2.45) is 0 Å². The van der Waals surface area contributed by atoms with E-state index in [1.165, 1.54) is 4.90 Å². The Bertz CT molecular complexity index is 1480. The van der Waals surface area contributed by atoms with Gasteiger partial charge in [-0.05, 0) is 80.6 Å². The lowest BCUT2D eigenvalue weighted by Gasteiger charge is -2.35. The van der Waals surface area contributed by atoms with Gasteiger partial charge in [0.2, 0.25) is 11.8 Å². The van der Waals surface area contributed by atoms with Crippen LogP contribution in [-0.4, -0.2) is 68.8 Å². The predicted octanol–water partition coefficient (Wildman–Crippen LogP) is 2.88. The molecular weight excluding hydrogens is 514 g/mol. The summed E-state index contributed by atoms with van der Waals surface area (Å²) in [4.78, 5) is 57.8. The Morgan fingerprint density at radius 1 is 1.10 bits per heavy atom. The monoisotopic (exact) mass is 543 g/mol. The molecule has 206 valence electrons. The van der Waals surface area contributed by atoms with Crippen molar-refractivity contribution >= 4 is 23.6 Å². The van der Waals surface area contributed by atoms with Crippen molar-refractivity contribution in [3.05, 3.63) is 65.0 Å². The van der Waals surface area contributed by atoms with E-state index in [1.807, 2.05) is 11.0 Å². The second kappa shape index (κ2) is 10.6. The molecule has 11 nitrogen and oxygen atoms in total. The maximum atomic E-state index is 13.4. The molecule has 6 rings (SSSR count). The Hall–Kier alpha value is -4.54. The first-order chi connectivity index (χ1) is 19.4. The van der Waals surface area contributed by atoms with E-state index in [0.717, 1.165) is 30.4 Å². The largest absolute Gasteiger partial charge is 0.491 e. The molecule has 11 heteroatoms. The maximum absolute atomic E-state index is 13.4. The van der Waals surface area contributed by atoms with Crippen LogP contribution in [0.3, 0.4) is 0 Å². The first-order valence-corrected chi connectivity index (χ1v) is 13.5. The highest BCUT2D eigenvalue weighted by Gasteiger charge is 2.39. The summed E-state index contributed by atoms with van der Waals surface area (Å²) in [7, 11) is 0. The van der Waals surface area contributed by atoms with Crippen molar-refractivity contribution in [2.75, 3.05) is 13.2 Å². The normalized spacial score (nSPS) is 20.9. The minimum Gasteiger partial charge on any atom is -0.491 e. The predicted molar refractivity (Wildman–Crippen MR) is 141 cm³/mol. The number of nitrogens with one attached hydrogen (secondary N) is 1. The van der Waals surface area contributed by atoms with Crippen LogP contribution in [0.15, 0.2) is 47.0 Å². The molecule has 2 saturated heterocycles. The summed E-state index contributed by atoms with van der Waals surface area (Å²) in [5.74, 6) is 0.544. The molecule has 4 heterocycles. The SMILES string of the molecule is Cc1noc(-c2ccc(C(=O)N3CCCC[C@H]3COc3ccc4c(c3)CN(C3CCC(=O)NC3=O)C4=O)cc2)n1. The molecule has 4 amide bonds. The van der Waals surface area contributed by atoms with E-state index in [1.54, 1.807) is 43.3 Å². The summed E-state index contributed by atoms with van der Waals surface area (Å²) >= 11 is 0. The Balaban J connectivity index is 1.11. The number of piperidine rings is 2. The van der Waals surface area contributed by atoms with Crippen LogP contribution in [0.5, 0.6) is 5.75 Å². The fourth-order valence-electron chi connectivity index (χ4n) is 5.61. The number of amides is 4. The number of nitrogens with zero attached hydrogens (tertiary/aromatic N) is 4. The van der Waals surface area contributed by atoms with Gasteiger partial charge < -0.3 is 19.1 Å². The van der Waals surface area contributed by atoms with Crippen LogP contribution in [0.25, 0.3) is 11.5 Å². The smallest absolute Gasteiger partial charge is 0.257 e. The zero-order valence-corrected chi connectivity index (χ0v) is 22.1. The van der Waals surface area contributed by atoms with E-state index >= 15 is 0 Å². The lowest BCUT2D eigenvalue weighted by molar-refractivity contribution is -0.136. The molecule has 2 atom stereocenters. The zero-order chi connectivity index (χ0) is 27.8. The number of fused-ring (bicyclic) bond motifs is 1. The van der Waals surface area contributed by atoms with E-state index in [9.17, 15) is 19.2 Å². The molecule has 0 aliphatic carbocycles. The fraction of sp³-hybridized carbons (Fsp3) is 0.379. The van der Waals surface area contributed by atoms with Crippen molar-refractivity contribution in [1.29, 1.82) is 0 Å². The number of likely N-dealkylation sites (tertiary alicyclic amines) is 1. The van der Waals surface area contributed by atoms with E-state index in [2.05, 4.69) is 15.5 Å². The molecule has 2 aromatic carbocycles. The number of carbonyl (C=O) groups excluding carboxylic acids is 4. The molecule has 2 fully saturated rings. The van der Waals surface area contributed by atoms with Crippen LogP contribution >= 0.6 is 0 Å². The maximum Gasteiger partial charge on any atom is 0.257 e. The van der Waals surface area contributed by atoms with Gasteiger partial charge in [-0.25, -0.2) is 0 Å². The molecule has 0 radical (unpaired) electrons. The van der Waals surface area contributed by atoms with Crippen LogP contribution in [0.1, 0.15) is 64.2 Å². The molecule has 3 aromatic rings. The second-order valence-electron chi connectivity index (χ2n) is 10.4. The lowest BCUT2D eigenvalue weighted by Crippen LogP contribution is -2.52. The number of aromatic nitrogens is 2. The number of hydrogen-bond donors (Lipinski definition) is 1. The average molecular weight is 544 g/mol. The Labute approximate surface area is 230 Å². The first-order valence-electron chi connectivity index (χ1n) is 13.5. The third-order valence-corrected chi connectivity index (χ3v) is 7.73. The summed E-state index contributed by atoms with van der Waals surface area (Å²) in [5, 5.41) is 6.13. The van der Waals surface area contributed by atoms with Crippen LogP contribution in [-0.2, 0) is 16.1 Å². The summed E-state index contributed by atoms with van der Waals surface area (Å²) in [6.45, 7) is 3.01. The van der Waals surface area contributed by atoms with Gasteiger partial charge in [-0.1, -0.05) is 5.16 Å². The van der Waals surface area contributed by atoms with Crippen molar-refractivity contribution in [3.8, 4) is 17.2 Å². The summed E-state index contributed by atoms with van der Waals surface area (Å²) in [6, 6.07) is 11.7. The topological polar surface area (TPSA) is 135 Å². The Kier molecular flexibility index (Phi) is 6.79. The second-order valence-corrected chi connectivity index (χ2v) is 10.4. The number of ether oxygens (including phenoxy) is 1. The summed E-state index contributed by atoms with van der Waals surface area (Å²) in [5.41, 5.74) is 2.64. The molecule has 40 heavy (non-hydrogen) atoms. The van der Waals surface area contributed by atoms with Gasteiger partial charge in [0.1, 0.15) is 18.4 Å². The van der Waals surface area contributed by atoms with Crippen molar-refractivity contribution in [2.45, 2.75) is 57.7 Å². The minimum atomic E-state index is -0.658. The van der Waals surface area contributed by atoms with Crippen LogP contribution in [0.2, 0.25) is 0 Å². The van der Waals surface area contributed by atoms with Gasteiger partial charge in [-0.2, -0.15) is 4.98 Å². The van der Waals surface area contributed by atoms with Crippen molar-refractivity contribution in [1.82, 2.24) is 25.3 Å². The highest BCUT2D eigenvalue weighted by Crippen LogP contribution is 2.31. The van der Waals surface area contributed by atoms with Gasteiger partial charge >= 0.3 is 0 Å². The molecule has 1 unspecified atom stereocenters. The Morgan fingerprint density at radius 3 is 2.67 bits per heavy atom. The van der Waals surface area contributed by atoms with Gasteiger partial charge in [0.05, 0.1) is 6.04 Å². The van der Waals surface area contributed by atoms with E-state index in [-0.39, 0.29) is 36.7 Å². The molecular formula is C29H29N5O6. The number of carbonyl (C=O) groups is 4. The van der Waals surface area contributed by atoms with Crippen LogP contribution in [0.4, 0.5) is 0 Å². The molecule has 1 N–H and O–H groups in total. The number of imide groups is 1. The average Bonchev–Trinajstić information content (AvgIpc) is 3.54. The van der Waals surface area contributed by atoms with Gasteiger partial charge in [0, 0.05) is 36.2 Å². The van der Waals surface area contributed by atoms with Gasteiger partial charge in [0.25, 0.3) is 17.7 Å². The quantitative estimate of drug-likeness (QED) is 0.469. The van der Waals surface area contributed by atoms with Crippen molar-refractivity contribution in [3.63, 3.8) is 0 Å². The third-order valence-electron chi connectivity index (χ3n) is 7.73. The first kappa shape index (κ1) is 25.7. The zero-order valence-electron chi connectivity index (χ0n) is 22.1. The molecule has 0 spiro atoms. The number of benzene rings is 2. The van der Waals surface area contributed by atoms with E-state index in [0.29, 0.717) is 48.2 Å². The highest BCUT2D eigenvalue weighted by atomic mass is 16.5. The lowest BCUT2D eigenvalue weighted by atomic mass is 10.0. The van der Waals surface area contributed by atoms with Crippen LogP contribution < -0.4 is 10.1 Å². The highest BCUT2D eigenvalue weighted by molar-refractivity contribution is 6.05. The Morgan fingerprint density at radius 2 is 1.93 bits per heavy atom. The van der Waals surface area contributed by atoms with Gasteiger partial charge in [-0.3, -0.25) is 24.5 Å². The van der Waals surface area contributed by atoms with Gasteiger partial charge in [0.15, 0.2) is 5.82 Å². The minimum absolute atomic E-state index is 0.0546. The fourth-order valence-corrected chi connectivity index (χ4v) is 5.61. The van der Waals surface area contributed by atoms with Crippen molar-refractivity contribution < 1.29 is 28.4 Å². The molecule has 3 aliphatic heterocycles. The number of hydrogen-bond acceptors (Lipinski definition) is 8. The molecule has 3 aliphatic rings. The van der Waals surface area contributed by atoms with Crippen LogP contribution in [0, 0.1) is 6.92 Å². The van der Waals surface area contributed by atoms with E-state index in [4.69, 9.17) is 9.26 Å². The summed E-state index contributed by atoms with van der Waals surface area (Å²) in [6.07, 6.45) is 3.30. The van der Waals surface area contributed by atoms with E-state index < -0.39 is 11.9 Å². The van der Waals surface area contributed by atoms with Gasteiger partial charge in [-0.15, -0.1) is 0 Å². The summed E-state index contributed by atoms with van der Waals surface area (Å²) < 4.78 is 11.4.